The minimum absolute atomic E-state index is 0.0336. The second kappa shape index (κ2) is 9.07. The molecule has 2 heterocycles. The highest BCUT2D eigenvalue weighted by Crippen LogP contribution is 2.43. The van der Waals surface area contributed by atoms with Gasteiger partial charge in [-0.05, 0) is 69.4 Å². The summed E-state index contributed by atoms with van der Waals surface area (Å²) < 4.78 is 48.6. The van der Waals surface area contributed by atoms with Crippen molar-refractivity contribution < 1.29 is 24.5 Å². The van der Waals surface area contributed by atoms with Crippen LogP contribution >= 0.6 is 11.6 Å². The number of carbonyl (C=O) groups excluding carboxylic acids is 1. The van der Waals surface area contributed by atoms with Crippen LogP contribution in [0.3, 0.4) is 0 Å². The molecule has 1 saturated heterocycles. The molecule has 0 N–H and O–H groups in total. The van der Waals surface area contributed by atoms with Gasteiger partial charge in [-0.1, -0.05) is 35.9 Å². The van der Waals surface area contributed by atoms with Crippen molar-refractivity contribution in [1.29, 1.82) is 0 Å². The van der Waals surface area contributed by atoms with E-state index in [2.05, 4.69) is 0 Å². The van der Waals surface area contributed by atoms with Crippen molar-refractivity contribution in [3.63, 3.8) is 0 Å². The standard InChI is InChI=1S/C26H30ClNO4/c1-26(2,3)32-25(29)28-14-12-17(13-15-28)20-7-5-6-18-8-11-22(31-24(18)20)21-10-9-19(27)16-23(21)30-4/h5-11,16-17,22H,12-15H2,1-4H3/i4D3,22D. The van der Waals surface area contributed by atoms with Crippen molar-refractivity contribution in [2.75, 3.05) is 20.1 Å². The van der Waals surface area contributed by atoms with Crippen LogP contribution in [0, 0.1) is 0 Å². The van der Waals surface area contributed by atoms with E-state index in [0.717, 1.165) is 24.0 Å². The molecule has 0 radical (unpaired) electrons. The number of para-hydroxylation sites is 1. The SMILES string of the molecule is [2H]C([2H])([2H])Oc1cc(Cl)ccc1C1([2H])C=Cc2cccc(C3CCN(C(=O)OC(C)(C)C)CC3)c2O1. The number of carbonyl (C=O) groups is 1. The molecular formula is C26H30ClNO4. The van der Waals surface area contributed by atoms with E-state index in [1.54, 1.807) is 29.2 Å². The van der Waals surface area contributed by atoms with E-state index in [1.807, 2.05) is 39.0 Å². The smallest absolute Gasteiger partial charge is 0.410 e. The average molecular weight is 460 g/mol. The molecule has 1 unspecified atom stereocenters. The number of benzene rings is 2. The first-order valence-electron chi connectivity index (χ1n) is 12.7. The third-order valence-electron chi connectivity index (χ3n) is 5.61. The van der Waals surface area contributed by atoms with Crippen molar-refractivity contribution in [3.05, 3.63) is 64.2 Å². The Labute approximate surface area is 200 Å². The molecule has 170 valence electrons. The largest absolute Gasteiger partial charge is 0.496 e. The van der Waals surface area contributed by atoms with Crippen LogP contribution < -0.4 is 9.47 Å². The lowest BCUT2D eigenvalue weighted by molar-refractivity contribution is 0.0204. The summed E-state index contributed by atoms with van der Waals surface area (Å²) in [6.07, 6.45) is 2.79. The van der Waals surface area contributed by atoms with Gasteiger partial charge >= 0.3 is 6.09 Å². The Morgan fingerprint density at radius 2 is 2.00 bits per heavy atom. The van der Waals surface area contributed by atoms with E-state index in [0.29, 0.717) is 23.9 Å². The Morgan fingerprint density at radius 3 is 2.72 bits per heavy atom. The number of amides is 1. The number of ether oxygens (including phenoxy) is 3. The van der Waals surface area contributed by atoms with Gasteiger partial charge in [0.2, 0.25) is 0 Å². The summed E-state index contributed by atoms with van der Waals surface area (Å²) in [5, 5.41) is 0.291. The third-order valence-corrected chi connectivity index (χ3v) is 5.84. The number of hydrogen-bond donors (Lipinski definition) is 0. The molecule has 6 heteroatoms. The number of likely N-dealkylation sites (tertiary alicyclic amines) is 1. The summed E-state index contributed by atoms with van der Waals surface area (Å²) in [5.74, 6) is 0.659. The molecule has 1 atom stereocenters. The van der Waals surface area contributed by atoms with Crippen molar-refractivity contribution in [2.45, 2.75) is 51.2 Å². The predicted octanol–water partition coefficient (Wildman–Crippen LogP) is 6.61. The van der Waals surface area contributed by atoms with E-state index in [4.69, 9.17) is 31.3 Å². The van der Waals surface area contributed by atoms with Crippen molar-refractivity contribution in [2.24, 2.45) is 0 Å². The second-order valence-corrected chi connectivity index (χ2v) is 9.49. The quantitative estimate of drug-likeness (QED) is 0.518. The summed E-state index contributed by atoms with van der Waals surface area (Å²) in [5.41, 5.74) is 1.47. The summed E-state index contributed by atoms with van der Waals surface area (Å²) >= 11 is 6.09. The van der Waals surface area contributed by atoms with E-state index in [-0.39, 0.29) is 23.3 Å². The lowest BCUT2D eigenvalue weighted by Gasteiger charge is -2.35. The molecule has 32 heavy (non-hydrogen) atoms. The number of rotatable bonds is 3. The number of nitrogens with zero attached hydrogens (tertiary/aromatic N) is 1. The number of halogens is 1. The highest BCUT2D eigenvalue weighted by atomic mass is 35.5. The Morgan fingerprint density at radius 1 is 1.22 bits per heavy atom. The molecule has 0 bridgehead atoms. The Kier molecular flexibility index (Phi) is 5.06. The molecule has 5 nitrogen and oxygen atoms in total. The average Bonchev–Trinajstić information content (AvgIpc) is 2.76. The van der Waals surface area contributed by atoms with E-state index < -0.39 is 18.7 Å². The predicted molar refractivity (Wildman–Crippen MR) is 127 cm³/mol. The normalized spacial score (nSPS) is 23.2. The van der Waals surface area contributed by atoms with E-state index >= 15 is 0 Å². The summed E-state index contributed by atoms with van der Waals surface area (Å²) in [4.78, 5) is 14.2. The Bertz CT molecular complexity index is 1170. The van der Waals surface area contributed by atoms with Gasteiger partial charge < -0.3 is 19.1 Å². The van der Waals surface area contributed by atoms with Crippen LogP contribution in [0.2, 0.25) is 5.02 Å². The second-order valence-electron chi connectivity index (χ2n) is 9.05. The van der Waals surface area contributed by atoms with Crippen LogP contribution in [0.1, 0.15) is 67.8 Å². The summed E-state index contributed by atoms with van der Waals surface area (Å²) in [7, 11) is -2.71. The van der Waals surface area contributed by atoms with Crippen molar-refractivity contribution in [3.8, 4) is 11.5 Å². The highest BCUT2D eigenvalue weighted by molar-refractivity contribution is 6.30. The molecule has 2 aliphatic heterocycles. The molecule has 0 spiro atoms. The summed E-state index contributed by atoms with van der Waals surface area (Å²) in [6, 6.07) is 10.3. The maximum Gasteiger partial charge on any atom is 0.410 e. The fourth-order valence-electron chi connectivity index (χ4n) is 4.08. The molecule has 0 saturated carbocycles. The first kappa shape index (κ1) is 17.8. The zero-order valence-electron chi connectivity index (χ0n) is 22.5. The molecule has 2 aromatic carbocycles. The van der Waals surface area contributed by atoms with Crippen LogP contribution in [0.4, 0.5) is 4.79 Å². The van der Waals surface area contributed by atoms with Gasteiger partial charge in [0, 0.05) is 29.2 Å². The van der Waals surface area contributed by atoms with Gasteiger partial charge in [0.15, 0.2) is 0 Å². The van der Waals surface area contributed by atoms with Crippen LogP contribution in [-0.4, -0.2) is 36.7 Å². The minimum Gasteiger partial charge on any atom is -0.496 e. The number of piperidine rings is 1. The minimum atomic E-state index is -2.71. The first-order valence-corrected chi connectivity index (χ1v) is 11.1. The van der Waals surface area contributed by atoms with Crippen molar-refractivity contribution >= 4 is 23.8 Å². The molecule has 0 aromatic heterocycles. The van der Waals surface area contributed by atoms with Crippen LogP contribution in [-0.2, 0) is 4.74 Å². The number of fused-ring (bicyclic) bond motifs is 1. The van der Waals surface area contributed by atoms with Crippen LogP contribution in [0.5, 0.6) is 11.5 Å². The molecule has 1 fully saturated rings. The van der Waals surface area contributed by atoms with Gasteiger partial charge in [-0.2, -0.15) is 0 Å². The molecule has 2 aromatic rings. The Hall–Kier alpha value is -2.66. The van der Waals surface area contributed by atoms with Gasteiger partial charge in [0.1, 0.15) is 23.2 Å². The highest BCUT2D eigenvalue weighted by Gasteiger charge is 2.30. The van der Waals surface area contributed by atoms with Gasteiger partial charge in [-0.3, -0.25) is 0 Å². The zero-order valence-corrected chi connectivity index (χ0v) is 19.2. The Balaban J connectivity index is 1.58. The summed E-state index contributed by atoms with van der Waals surface area (Å²) in [6.45, 7) is 6.65. The maximum absolute atomic E-state index is 12.5. The van der Waals surface area contributed by atoms with E-state index in [9.17, 15) is 4.79 Å². The van der Waals surface area contributed by atoms with E-state index in [1.165, 1.54) is 6.07 Å². The molecule has 1 amide bonds. The monoisotopic (exact) mass is 459 g/mol. The lowest BCUT2D eigenvalue weighted by atomic mass is 9.87. The van der Waals surface area contributed by atoms with Gasteiger partial charge in [-0.15, -0.1) is 0 Å². The van der Waals surface area contributed by atoms with Gasteiger partial charge in [-0.25, -0.2) is 4.79 Å². The third kappa shape index (κ3) is 4.88. The zero-order chi connectivity index (χ0) is 26.3. The fraction of sp³-hybridized carbons (Fsp3) is 0.423. The molecule has 2 aliphatic rings. The van der Waals surface area contributed by atoms with Crippen LogP contribution in [0.15, 0.2) is 42.5 Å². The molecule has 0 aliphatic carbocycles. The van der Waals surface area contributed by atoms with Gasteiger partial charge in [0.25, 0.3) is 0 Å². The number of methoxy groups -OCH3 is 1. The van der Waals surface area contributed by atoms with Crippen molar-refractivity contribution in [1.82, 2.24) is 4.90 Å². The van der Waals surface area contributed by atoms with Gasteiger partial charge in [0.05, 0.1) is 12.5 Å². The fourth-order valence-corrected chi connectivity index (χ4v) is 4.24. The number of hydrogen-bond acceptors (Lipinski definition) is 4. The maximum atomic E-state index is 12.5. The molecular weight excluding hydrogens is 426 g/mol. The molecule has 4 rings (SSSR count). The van der Waals surface area contributed by atoms with Crippen LogP contribution in [0.25, 0.3) is 6.08 Å². The first-order chi connectivity index (χ1) is 16.7. The lowest BCUT2D eigenvalue weighted by Crippen LogP contribution is -2.41. The topological polar surface area (TPSA) is 48.0 Å².